The zero-order valence-corrected chi connectivity index (χ0v) is 15.2. The van der Waals surface area contributed by atoms with Crippen LogP contribution in [-0.2, 0) is 4.79 Å². The number of hydrogen-bond donors (Lipinski definition) is 1. The van der Waals surface area contributed by atoms with Gasteiger partial charge in [0.15, 0.2) is 0 Å². The first kappa shape index (κ1) is 18.1. The molecule has 1 N–H and O–H groups in total. The van der Waals surface area contributed by atoms with Crippen LogP contribution in [0.3, 0.4) is 0 Å². The number of carbonyl (C=O) groups excluding carboxylic acids is 2. The van der Waals surface area contributed by atoms with Gasteiger partial charge in [0.1, 0.15) is 17.5 Å². The molecule has 0 spiro atoms. The highest BCUT2D eigenvalue weighted by molar-refractivity contribution is 6.30. The van der Waals surface area contributed by atoms with Gasteiger partial charge in [0.05, 0.1) is 14.2 Å². The fourth-order valence-electron chi connectivity index (χ4n) is 2.96. The van der Waals surface area contributed by atoms with Gasteiger partial charge in [-0.3, -0.25) is 9.59 Å². The van der Waals surface area contributed by atoms with Crippen LogP contribution in [0.2, 0.25) is 5.02 Å². The molecule has 1 saturated heterocycles. The standard InChI is InChI=1S/C19H19ClN2O4/c1-25-15-9-13(10-16(11-15)26-2)19(24)22-8-7-21-18(23)17(22)12-3-5-14(20)6-4-12/h3-6,9-11,17H,7-8H2,1-2H3,(H,21,23). The Morgan fingerprint density at radius 1 is 1.12 bits per heavy atom. The number of nitrogens with zero attached hydrogens (tertiary/aromatic N) is 1. The van der Waals surface area contributed by atoms with Crippen molar-refractivity contribution in [1.29, 1.82) is 0 Å². The Hall–Kier alpha value is -2.73. The lowest BCUT2D eigenvalue weighted by Gasteiger charge is -2.35. The van der Waals surface area contributed by atoms with Gasteiger partial charge in [0.25, 0.3) is 5.91 Å². The molecule has 136 valence electrons. The summed E-state index contributed by atoms with van der Waals surface area (Å²) >= 11 is 5.94. The first-order valence-electron chi connectivity index (χ1n) is 8.10. The lowest BCUT2D eigenvalue weighted by Crippen LogP contribution is -2.52. The minimum atomic E-state index is -0.717. The van der Waals surface area contributed by atoms with Crippen molar-refractivity contribution < 1.29 is 19.1 Å². The second-order valence-corrected chi connectivity index (χ2v) is 6.28. The zero-order chi connectivity index (χ0) is 18.7. The fourth-order valence-corrected chi connectivity index (χ4v) is 3.08. The van der Waals surface area contributed by atoms with Crippen LogP contribution in [0.25, 0.3) is 0 Å². The highest BCUT2D eigenvalue weighted by Gasteiger charge is 2.35. The number of nitrogens with one attached hydrogen (secondary N) is 1. The van der Waals surface area contributed by atoms with E-state index in [1.54, 1.807) is 47.4 Å². The molecule has 1 heterocycles. The Labute approximate surface area is 156 Å². The van der Waals surface area contributed by atoms with E-state index >= 15 is 0 Å². The minimum Gasteiger partial charge on any atom is -0.497 e. The third-order valence-corrected chi connectivity index (χ3v) is 4.51. The topological polar surface area (TPSA) is 67.9 Å². The van der Waals surface area contributed by atoms with Crippen molar-refractivity contribution in [2.75, 3.05) is 27.3 Å². The van der Waals surface area contributed by atoms with Gasteiger partial charge in [0, 0.05) is 29.7 Å². The van der Waals surface area contributed by atoms with Gasteiger partial charge in [0.2, 0.25) is 5.91 Å². The predicted octanol–water partition coefficient (Wildman–Crippen LogP) is 2.67. The summed E-state index contributed by atoms with van der Waals surface area (Å²) in [6.07, 6.45) is 0. The number of rotatable bonds is 4. The van der Waals surface area contributed by atoms with Crippen molar-refractivity contribution in [3.63, 3.8) is 0 Å². The Morgan fingerprint density at radius 3 is 2.31 bits per heavy atom. The number of methoxy groups -OCH3 is 2. The number of piperazine rings is 1. The van der Waals surface area contributed by atoms with Crippen LogP contribution in [0.1, 0.15) is 22.0 Å². The van der Waals surface area contributed by atoms with Gasteiger partial charge >= 0.3 is 0 Å². The van der Waals surface area contributed by atoms with E-state index in [1.165, 1.54) is 14.2 Å². The van der Waals surface area contributed by atoms with Crippen LogP contribution in [0.15, 0.2) is 42.5 Å². The maximum Gasteiger partial charge on any atom is 0.255 e. The molecule has 0 radical (unpaired) electrons. The summed E-state index contributed by atoms with van der Waals surface area (Å²) in [5.41, 5.74) is 1.10. The highest BCUT2D eigenvalue weighted by Crippen LogP contribution is 2.29. The second kappa shape index (κ2) is 7.66. The number of ether oxygens (including phenoxy) is 2. The maximum atomic E-state index is 13.1. The molecule has 0 aliphatic carbocycles. The zero-order valence-electron chi connectivity index (χ0n) is 14.5. The summed E-state index contributed by atoms with van der Waals surface area (Å²) in [6.45, 7) is 0.799. The van der Waals surface area contributed by atoms with Gasteiger partial charge in [-0.05, 0) is 29.8 Å². The average molecular weight is 375 g/mol. The van der Waals surface area contributed by atoms with E-state index < -0.39 is 6.04 Å². The van der Waals surface area contributed by atoms with Gasteiger partial charge in [-0.15, -0.1) is 0 Å². The van der Waals surface area contributed by atoms with Gasteiger partial charge in [-0.2, -0.15) is 0 Å². The molecule has 1 aliphatic heterocycles. The summed E-state index contributed by atoms with van der Waals surface area (Å²) in [6, 6.07) is 11.2. The lowest BCUT2D eigenvalue weighted by molar-refractivity contribution is -0.128. The second-order valence-electron chi connectivity index (χ2n) is 5.85. The van der Waals surface area contributed by atoms with Crippen molar-refractivity contribution >= 4 is 23.4 Å². The van der Waals surface area contributed by atoms with Crippen molar-refractivity contribution in [3.8, 4) is 11.5 Å². The number of benzene rings is 2. The third kappa shape index (κ3) is 3.60. The molecule has 1 aliphatic rings. The Kier molecular flexibility index (Phi) is 5.32. The molecule has 26 heavy (non-hydrogen) atoms. The molecular formula is C19H19ClN2O4. The van der Waals surface area contributed by atoms with E-state index in [0.29, 0.717) is 40.7 Å². The smallest absolute Gasteiger partial charge is 0.255 e. The van der Waals surface area contributed by atoms with Crippen LogP contribution < -0.4 is 14.8 Å². The molecule has 2 aromatic rings. The summed E-state index contributed by atoms with van der Waals surface area (Å²) in [7, 11) is 3.04. The largest absolute Gasteiger partial charge is 0.497 e. The predicted molar refractivity (Wildman–Crippen MR) is 97.8 cm³/mol. The van der Waals surface area contributed by atoms with E-state index in [9.17, 15) is 9.59 Å². The summed E-state index contributed by atoms with van der Waals surface area (Å²) in [5.74, 6) is 0.535. The molecule has 0 bridgehead atoms. The lowest BCUT2D eigenvalue weighted by atomic mass is 10.0. The molecule has 3 rings (SSSR count). The summed E-state index contributed by atoms with van der Waals surface area (Å²) < 4.78 is 10.5. The quantitative estimate of drug-likeness (QED) is 0.893. The molecule has 7 heteroatoms. The Morgan fingerprint density at radius 2 is 1.73 bits per heavy atom. The summed E-state index contributed by atoms with van der Waals surface area (Å²) in [4.78, 5) is 27.2. The van der Waals surface area contributed by atoms with Crippen LogP contribution in [-0.4, -0.2) is 44.0 Å². The third-order valence-electron chi connectivity index (χ3n) is 4.26. The number of carbonyl (C=O) groups is 2. The van der Waals surface area contributed by atoms with Crippen LogP contribution in [0, 0.1) is 0 Å². The normalized spacial score (nSPS) is 16.8. The van der Waals surface area contributed by atoms with Crippen molar-refractivity contribution in [3.05, 3.63) is 58.6 Å². The minimum absolute atomic E-state index is 0.221. The molecule has 6 nitrogen and oxygen atoms in total. The van der Waals surface area contributed by atoms with Crippen molar-refractivity contribution in [2.45, 2.75) is 6.04 Å². The molecule has 2 amide bonds. The van der Waals surface area contributed by atoms with Crippen LogP contribution in [0.5, 0.6) is 11.5 Å². The SMILES string of the molecule is COc1cc(OC)cc(C(=O)N2CCNC(=O)C2c2ccc(Cl)cc2)c1. The van der Waals surface area contributed by atoms with E-state index in [1.807, 2.05) is 0 Å². The molecular weight excluding hydrogens is 356 g/mol. The molecule has 2 aromatic carbocycles. The van der Waals surface area contributed by atoms with Crippen LogP contribution in [0.4, 0.5) is 0 Å². The van der Waals surface area contributed by atoms with E-state index in [-0.39, 0.29) is 11.8 Å². The van der Waals surface area contributed by atoms with E-state index in [0.717, 1.165) is 0 Å². The molecule has 0 aromatic heterocycles. The molecule has 0 saturated carbocycles. The average Bonchev–Trinajstić information content (AvgIpc) is 2.67. The van der Waals surface area contributed by atoms with Gasteiger partial charge < -0.3 is 19.7 Å². The number of amides is 2. The van der Waals surface area contributed by atoms with Crippen molar-refractivity contribution in [2.24, 2.45) is 0 Å². The fraction of sp³-hybridized carbons (Fsp3) is 0.263. The summed E-state index contributed by atoms with van der Waals surface area (Å²) in [5, 5.41) is 3.38. The first-order valence-corrected chi connectivity index (χ1v) is 8.48. The highest BCUT2D eigenvalue weighted by atomic mass is 35.5. The van der Waals surface area contributed by atoms with E-state index in [4.69, 9.17) is 21.1 Å². The first-order chi connectivity index (χ1) is 12.5. The Bertz CT molecular complexity index is 801. The maximum absolute atomic E-state index is 13.1. The number of halogens is 1. The van der Waals surface area contributed by atoms with E-state index in [2.05, 4.69) is 5.32 Å². The van der Waals surface area contributed by atoms with Crippen molar-refractivity contribution in [1.82, 2.24) is 10.2 Å². The van der Waals surface area contributed by atoms with Gasteiger partial charge in [-0.1, -0.05) is 23.7 Å². The monoisotopic (exact) mass is 374 g/mol. The number of hydrogen-bond acceptors (Lipinski definition) is 4. The van der Waals surface area contributed by atoms with Gasteiger partial charge in [-0.25, -0.2) is 0 Å². The molecule has 1 unspecified atom stereocenters. The molecule has 1 atom stereocenters. The van der Waals surface area contributed by atoms with Crippen LogP contribution >= 0.6 is 11.6 Å². The Balaban J connectivity index is 1.98. The molecule has 1 fully saturated rings.